The van der Waals surface area contributed by atoms with Crippen LogP contribution in [0, 0.1) is 5.92 Å². The number of nitrogens with zero attached hydrogens (tertiary/aromatic N) is 1. The maximum atomic E-state index is 10.3. The number of rotatable bonds is 2. The van der Waals surface area contributed by atoms with Crippen LogP contribution < -0.4 is 0 Å². The van der Waals surface area contributed by atoms with E-state index in [0.717, 1.165) is 13.0 Å². The molecule has 0 aromatic rings. The lowest BCUT2D eigenvalue weighted by atomic mass is 9.77. The van der Waals surface area contributed by atoms with E-state index in [1.165, 1.54) is 0 Å². The molecule has 0 aromatic heterocycles. The van der Waals surface area contributed by atoms with Crippen LogP contribution in [0.15, 0.2) is 12.7 Å². The van der Waals surface area contributed by atoms with Crippen LogP contribution in [0.3, 0.4) is 0 Å². The summed E-state index contributed by atoms with van der Waals surface area (Å²) >= 11 is 0. The lowest BCUT2D eigenvalue weighted by Crippen LogP contribution is -2.53. The van der Waals surface area contributed by atoms with Gasteiger partial charge in [0.1, 0.15) is 0 Å². The van der Waals surface area contributed by atoms with Crippen LogP contribution in [0.2, 0.25) is 0 Å². The van der Waals surface area contributed by atoms with Gasteiger partial charge in [0.05, 0.1) is 5.60 Å². The molecule has 1 saturated heterocycles. The molecule has 0 saturated carbocycles. The predicted molar refractivity (Wildman–Crippen MR) is 55.6 cm³/mol. The summed E-state index contributed by atoms with van der Waals surface area (Å²) in [6.45, 7) is 8.97. The molecule has 0 amide bonds. The molecule has 1 rings (SSSR count). The summed E-state index contributed by atoms with van der Waals surface area (Å²) in [6.07, 6.45) is 3.40. The van der Waals surface area contributed by atoms with Crippen LogP contribution in [0.5, 0.6) is 0 Å². The summed E-state index contributed by atoms with van der Waals surface area (Å²) in [4.78, 5) is 2.31. The molecular formula is C11H21NO. The molecule has 1 N–H and O–H groups in total. The Hall–Kier alpha value is -0.340. The number of hydrogen-bond donors (Lipinski definition) is 1. The van der Waals surface area contributed by atoms with Gasteiger partial charge in [0, 0.05) is 12.6 Å². The Labute approximate surface area is 81.2 Å². The van der Waals surface area contributed by atoms with Gasteiger partial charge in [-0.15, -0.1) is 6.58 Å². The van der Waals surface area contributed by atoms with Gasteiger partial charge in [0.15, 0.2) is 0 Å². The Morgan fingerprint density at radius 1 is 1.62 bits per heavy atom. The molecule has 2 nitrogen and oxygen atoms in total. The highest BCUT2D eigenvalue weighted by Gasteiger charge is 2.39. The molecule has 1 heterocycles. The van der Waals surface area contributed by atoms with Crippen molar-refractivity contribution in [3.63, 3.8) is 0 Å². The lowest BCUT2D eigenvalue weighted by Gasteiger charge is -2.45. The quantitative estimate of drug-likeness (QED) is 0.658. The molecule has 0 radical (unpaired) electrons. The number of likely N-dealkylation sites (tertiary alicyclic amines) is 1. The minimum Gasteiger partial charge on any atom is -0.389 e. The first-order valence-electron chi connectivity index (χ1n) is 5.03. The Balaban J connectivity index is 2.69. The molecule has 76 valence electrons. The Kier molecular flexibility index (Phi) is 3.14. The second-order valence-electron chi connectivity index (χ2n) is 4.49. The molecule has 0 aliphatic carbocycles. The summed E-state index contributed by atoms with van der Waals surface area (Å²) in [5.41, 5.74) is -0.520. The third-order valence-electron chi connectivity index (χ3n) is 3.38. The van der Waals surface area contributed by atoms with Crippen molar-refractivity contribution in [3.8, 4) is 0 Å². The van der Waals surface area contributed by atoms with Gasteiger partial charge in [-0.3, -0.25) is 0 Å². The fourth-order valence-corrected chi connectivity index (χ4v) is 2.18. The highest BCUT2D eigenvalue weighted by Crippen LogP contribution is 2.33. The Morgan fingerprint density at radius 3 is 2.77 bits per heavy atom. The number of aliphatic hydroxyl groups is 1. The largest absolute Gasteiger partial charge is 0.389 e. The molecule has 2 heteroatoms. The molecule has 0 aromatic carbocycles. The number of hydrogen-bond acceptors (Lipinski definition) is 2. The highest BCUT2D eigenvalue weighted by molar-refractivity contribution is 4.97. The van der Waals surface area contributed by atoms with E-state index in [0.29, 0.717) is 18.4 Å². The van der Waals surface area contributed by atoms with Crippen LogP contribution in [0.1, 0.15) is 26.7 Å². The zero-order valence-electron chi connectivity index (χ0n) is 8.95. The molecule has 13 heavy (non-hydrogen) atoms. The van der Waals surface area contributed by atoms with E-state index in [1.807, 2.05) is 6.08 Å². The predicted octanol–water partition coefficient (Wildman–Crippen LogP) is 1.65. The van der Waals surface area contributed by atoms with Crippen molar-refractivity contribution < 1.29 is 5.11 Å². The molecule has 1 fully saturated rings. The van der Waals surface area contributed by atoms with Crippen molar-refractivity contribution in [2.75, 3.05) is 13.6 Å². The van der Waals surface area contributed by atoms with E-state index in [-0.39, 0.29) is 0 Å². The van der Waals surface area contributed by atoms with E-state index < -0.39 is 5.60 Å². The van der Waals surface area contributed by atoms with Crippen LogP contribution in [0.4, 0.5) is 0 Å². The molecule has 0 unspecified atom stereocenters. The fraction of sp³-hybridized carbons (Fsp3) is 0.818. The normalized spacial score (nSPS) is 41.8. The monoisotopic (exact) mass is 183 g/mol. The first-order chi connectivity index (χ1) is 5.99. The first kappa shape index (κ1) is 10.7. The third kappa shape index (κ3) is 2.12. The van der Waals surface area contributed by atoms with Crippen molar-refractivity contribution in [2.24, 2.45) is 5.92 Å². The molecular weight excluding hydrogens is 162 g/mol. The van der Waals surface area contributed by atoms with Gasteiger partial charge in [-0.25, -0.2) is 0 Å². The maximum absolute atomic E-state index is 10.3. The summed E-state index contributed by atoms with van der Waals surface area (Å²) < 4.78 is 0. The van der Waals surface area contributed by atoms with Crippen LogP contribution in [-0.4, -0.2) is 35.2 Å². The van der Waals surface area contributed by atoms with Gasteiger partial charge in [-0.05, 0) is 32.7 Å². The van der Waals surface area contributed by atoms with E-state index in [1.54, 1.807) is 0 Å². The topological polar surface area (TPSA) is 23.5 Å². The molecule has 1 aliphatic rings. The van der Waals surface area contributed by atoms with Gasteiger partial charge in [0.25, 0.3) is 0 Å². The maximum Gasteiger partial charge on any atom is 0.0734 e. The van der Waals surface area contributed by atoms with Gasteiger partial charge >= 0.3 is 0 Å². The molecule has 1 aliphatic heterocycles. The second kappa shape index (κ2) is 3.81. The van der Waals surface area contributed by atoms with Crippen molar-refractivity contribution in [1.82, 2.24) is 4.90 Å². The van der Waals surface area contributed by atoms with Gasteiger partial charge in [-0.1, -0.05) is 13.0 Å². The van der Waals surface area contributed by atoms with Crippen LogP contribution in [0.25, 0.3) is 0 Å². The molecule has 0 bridgehead atoms. The van der Waals surface area contributed by atoms with Gasteiger partial charge < -0.3 is 10.0 Å². The zero-order valence-corrected chi connectivity index (χ0v) is 8.95. The number of piperidine rings is 1. The zero-order chi connectivity index (χ0) is 10.1. The van der Waals surface area contributed by atoms with Crippen LogP contribution >= 0.6 is 0 Å². The Bertz CT molecular complexity index is 193. The lowest BCUT2D eigenvalue weighted by molar-refractivity contribution is -0.0759. The second-order valence-corrected chi connectivity index (χ2v) is 4.49. The van der Waals surface area contributed by atoms with Crippen molar-refractivity contribution in [1.29, 1.82) is 0 Å². The SMILES string of the molecule is C=CC[C@@]1(O)C[C@@H](C)N(C)C[C@@H]1C. The highest BCUT2D eigenvalue weighted by atomic mass is 16.3. The van der Waals surface area contributed by atoms with Crippen molar-refractivity contribution >= 4 is 0 Å². The average Bonchev–Trinajstić information content (AvgIpc) is 2.02. The Morgan fingerprint density at radius 2 is 2.23 bits per heavy atom. The van der Waals surface area contributed by atoms with E-state index in [2.05, 4.69) is 32.4 Å². The third-order valence-corrected chi connectivity index (χ3v) is 3.38. The minimum absolute atomic E-state index is 0.340. The smallest absolute Gasteiger partial charge is 0.0734 e. The minimum atomic E-state index is -0.520. The van der Waals surface area contributed by atoms with E-state index in [9.17, 15) is 5.11 Å². The van der Waals surface area contributed by atoms with E-state index >= 15 is 0 Å². The summed E-state index contributed by atoms with van der Waals surface area (Å²) in [7, 11) is 2.12. The summed E-state index contributed by atoms with van der Waals surface area (Å²) in [6, 6.07) is 0.473. The van der Waals surface area contributed by atoms with Crippen LogP contribution in [-0.2, 0) is 0 Å². The summed E-state index contributed by atoms with van der Waals surface area (Å²) in [5.74, 6) is 0.340. The molecule has 3 atom stereocenters. The fourth-order valence-electron chi connectivity index (χ4n) is 2.18. The van der Waals surface area contributed by atoms with Crippen molar-refractivity contribution in [2.45, 2.75) is 38.3 Å². The van der Waals surface area contributed by atoms with E-state index in [4.69, 9.17) is 0 Å². The molecule has 0 spiro atoms. The van der Waals surface area contributed by atoms with Crippen molar-refractivity contribution in [3.05, 3.63) is 12.7 Å². The van der Waals surface area contributed by atoms with Gasteiger partial charge in [-0.2, -0.15) is 0 Å². The standard InChI is InChI=1S/C11H21NO/c1-5-6-11(13)7-10(3)12(4)8-9(11)2/h5,9-10,13H,1,6-8H2,2-4H3/t9-,10+,11+/m0/s1. The van der Waals surface area contributed by atoms with Gasteiger partial charge in [0.2, 0.25) is 0 Å². The average molecular weight is 183 g/mol. The first-order valence-corrected chi connectivity index (χ1v) is 5.03. The summed E-state index contributed by atoms with van der Waals surface area (Å²) in [5, 5.41) is 10.3.